The number of nitrogens with zero attached hydrogens (tertiary/aromatic N) is 2. The van der Waals surface area contributed by atoms with Gasteiger partial charge >= 0.3 is 0 Å². The van der Waals surface area contributed by atoms with Crippen molar-refractivity contribution >= 4 is 27.7 Å². The van der Waals surface area contributed by atoms with Crippen molar-refractivity contribution < 1.29 is 9.32 Å². The van der Waals surface area contributed by atoms with E-state index in [4.69, 9.17) is 4.52 Å². The van der Waals surface area contributed by atoms with Crippen LogP contribution in [-0.2, 0) is 0 Å². The molecule has 0 bridgehead atoms. The van der Waals surface area contributed by atoms with Gasteiger partial charge in [0.15, 0.2) is 11.5 Å². The zero-order chi connectivity index (χ0) is 14.8. The fourth-order valence-corrected chi connectivity index (χ4v) is 2.36. The standard InChI is InChI=1S/C14H11BrN4O2/c1-8-6-12(19-21-8)14(20)16-13-7-11(17-18-13)9-4-2-3-5-10(9)15/h2-7H,1H3,(H2,16,17,18,20). The summed E-state index contributed by atoms with van der Waals surface area (Å²) in [4.78, 5) is 11.9. The maximum absolute atomic E-state index is 11.9. The topological polar surface area (TPSA) is 83.8 Å². The zero-order valence-electron chi connectivity index (χ0n) is 11.1. The normalized spacial score (nSPS) is 10.6. The summed E-state index contributed by atoms with van der Waals surface area (Å²) in [5, 5.41) is 13.3. The van der Waals surface area contributed by atoms with Crippen molar-refractivity contribution in [1.29, 1.82) is 0 Å². The lowest BCUT2D eigenvalue weighted by atomic mass is 10.1. The average molecular weight is 347 g/mol. The summed E-state index contributed by atoms with van der Waals surface area (Å²) < 4.78 is 5.81. The molecule has 0 aliphatic carbocycles. The molecule has 0 aliphatic rings. The highest BCUT2D eigenvalue weighted by Gasteiger charge is 2.13. The Morgan fingerprint density at radius 3 is 2.86 bits per heavy atom. The molecule has 0 unspecified atom stereocenters. The molecule has 2 N–H and O–H groups in total. The first-order valence-electron chi connectivity index (χ1n) is 6.18. The van der Waals surface area contributed by atoms with Crippen LogP contribution in [0.5, 0.6) is 0 Å². The van der Waals surface area contributed by atoms with Gasteiger partial charge in [-0.3, -0.25) is 9.89 Å². The predicted octanol–water partition coefficient (Wildman–Crippen LogP) is 3.39. The number of H-pyrrole nitrogens is 1. The number of aromatic nitrogens is 3. The lowest BCUT2D eigenvalue weighted by Gasteiger charge is -1.99. The molecule has 2 heterocycles. The molecular weight excluding hydrogens is 336 g/mol. The number of anilines is 1. The van der Waals surface area contributed by atoms with Crippen molar-refractivity contribution in [3.63, 3.8) is 0 Å². The van der Waals surface area contributed by atoms with Crippen molar-refractivity contribution in [2.45, 2.75) is 6.92 Å². The molecule has 0 saturated heterocycles. The highest BCUT2D eigenvalue weighted by Crippen LogP contribution is 2.27. The van der Waals surface area contributed by atoms with Gasteiger partial charge in [-0.1, -0.05) is 39.3 Å². The molecule has 7 heteroatoms. The van der Waals surface area contributed by atoms with E-state index >= 15 is 0 Å². The second kappa shape index (κ2) is 5.53. The molecule has 0 radical (unpaired) electrons. The number of benzene rings is 1. The van der Waals surface area contributed by atoms with Crippen molar-refractivity contribution in [3.05, 3.63) is 52.3 Å². The van der Waals surface area contributed by atoms with Crippen LogP contribution in [0.15, 0.2) is 45.4 Å². The van der Waals surface area contributed by atoms with Gasteiger partial charge < -0.3 is 9.84 Å². The van der Waals surface area contributed by atoms with Crippen LogP contribution in [0.2, 0.25) is 0 Å². The molecule has 1 amide bonds. The molecule has 0 spiro atoms. The van der Waals surface area contributed by atoms with E-state index in [1.807, 2.05) is 24.3 Å². The van der Waals surface area contributed by atoms with Crippen LogP contribution < -0.4 is 5.32 Å². The maximum atomic E-state index is 11.9. The van der Waals surface area contributed by atoms with Crippen LogP contribution >= 0.6 is 15.9 Å². The molecule has 0 aliphatic heterocycles. The number of hydrogen-bond donors (Lipinski definition) is 2. The Hall–Kier alpha value is -2.41. The van der Waals surface area contributed by atoms with E-state index < -0.39 is 0 Å². The first kappa shape index (κ1) is 13.6. The molecule has 0 fully saturated rings. The summed E-state index contributed by atoms with van der Waals surface area (Å²) in [7, 11) is 0. The Morgan fingerprint density at radius 1 is 1.33 bits per heavy atom. The fourth-order valence-electron chi connectivity index (χ4n) is 1.86. The van der Waals surface area contributed by atoms with Crippen molar-refractivity contribution in [3.8, 4) is 11.3 Å². The summed E-state index contributed by atoms with van der Waals surface area (Å²) >= 11 is 3.48. The number of halogens is 1. The molecule has 2 aromatic heterocycles. The third kappa shape index (κ3) is 2.87. The van der Waals surface area contributed by atoms with Crippen molar-refractivity contribution in [2.75, 3.05) is 5.32 Å². The number of carbonyl (C=O) groups is 1. The molecule has 106 valence electrons. The van der Waals surface area contributed by atoms with E-state index in [2.05, 4.69) is 36.6 Å². The minimum absolute atomic E-state index is 0.220. The van der Waals surface area contributed by atoms with Gasteiger partial charge in [-0.05, 0) is 13.0 Å². The second-order valence-electron chi connectivity index (χ2n) is 4.42. The minimum atomic E-state index is -0.364. The highest BCUT2D eigenvalue weighted by molar-refractivity contribution is 9.10. The molecular formula is C14H11BrN4O2. The SMILES string of the molecule is Cc1cc(C(=O)Nc2cc(-c3ccccc3Br)[nH]n2)no1. The third-order valence-electron chi connectivity index (χ3n) is 2.84. The number of hydrogen-bond acceptors (Lipinski definition) is 4. The number of nitrogens with one attached hydrogen (secondary N) is 2. The molecule has 3 aromatic rings. The van der Waals surface area contributed by atoms with Crippen LogP contribution in [0, 0.1) is 6.92 Å². The van der Waals surface area contributed by atoms with Gasteiger partial charge in [0.05, 0.1) is 5.69 Å². The van der Waals surface area contributed by atoms with Gasteiger partial charge in [0, 0.05) is 22.2 Å². The summed E-state index contributed by atoms with van der Waals surface area (Å²) in [5.41, 5.74) is 1.98. The van der Waals surface area contributed by atoms with Gasteiger partial charge in [0.25, 0.3) is 5.91 Å². The van der Waals surface area contributed by atoms with Crippen LogP contribution in [-0.4, -0.2) is 21.3 Å². The average Bonchev–Trinajstić information content (AvgIpc) is 3.08. The summed E-state index contributed by atoms with van der Waals surface area (Å²) in [6.45, 7) is 1.73. The van der Waals surface area contributed by atoms with Crippen LogP contribution in [0.25, 0.3) is 11.3 Å². The Morgan fingerprint density at radius 2 is 2.14 bits per heavy atom. The van der Waals surface area contributed by atoms with Crippen LogP contribution in [0.1, 0.15) is 16.2 Å². The molecule has 1 aromatic carbocycles. The monoisotopic (exact) mass is 346 g/mol. The summed E-state index contributed by atoms with van der Waals surface area (Å²) in [5.74, 6) is 0.638. The first-order valence-corrected chi connectivity index (χ1v) is 6.98. The Bertz CT molecular complexity index is 794. The summed E-state index contributed by atoms with van der Waals surface area (Å²) in [6.07, 6.45) is 0. The van der Waals surface area contributed by atoms with Gasteiger partial charge in [0.1, 0.15) is 5.76 Å². The number of carbonyl (C=O) groups excluding carboxylic acids is 1. The Balaban J connectivity index is 1.80. The Labute approximate surface area is 128 Å². The third-order valence-corrected chi connectivity index (χ3v) is 3.54. The van der Waals surface area contributed by atoms with E-state index in [9.17, 15) is 4.79 Å². The minimum Gasteiger partial charge on any atom is -0.361 e. The zero-order valence-corrected chi connectivity index (χ0v) is 12.6. The van der Waals surface area contributed by atoms with E-state index in [0.29, 0.717) is 11.6 Å². The lowest BCUT2D eigenvalue weighted by molar-refractivity contribution is 0.101. The second-order valence-corrected chi connectivity index (χ2v) is 5.28. The van der Waals surface area contributed by atoms with Crippen molar-refractivity contribution in [1.82, 2.24) is 15.4 Å². The van der Waals surface area contributed by atoms with E-state index in [1.54, 1.807) is 19.1 Å². The number of amides is 1. The highest BCUT2D eigenvalue weighted by atomic mass is 79.9. The van der Waals surface area contributed by atoms with Crippen LogP contribution in [0.3, 0.4) is 0 Å². The van der Waals surface area contributed by atoms with E-state index in [1.165, 1.54) is 0 Å². The predicted molar refractivity (Wildman–Crippen MR) is 80.9 cm³/mol. The lowest BCUT2D eigenvalue weighted by Crippen LogP contribution is -2.12. The number of rotatable bonds is 3. The largest absolute Gasteiger partial charge is 0.361 e. The van der Waals surface area contributed by atoms with Gasteiger partial charge in [0.2, 0.25) is 0 Å². The molecule has 3 rings (SSSR count). The van der Waals surface area contributed by atoms with Crippen LogP contribution in [0.4, 0.5) is 5.82 Å². The molecule has 0 saturated carbocycles. The van der Waals surface area contributed by atoms with Gasteiger partial charge in [-0.2, -0.15) is 5.10 Å². The van der Waals surface area contributed by atoms with Crippen molar-refractivity contribution in [2.24, 2.45) is 0 Å². The Kier molecular flexibility index (Phi) is 3.57. The van der Waals surface area contributed by atoms with Gasteiger partial charge in [-0.15, -0.1) is 0 Å². The molecule has 6 nitrogen and oxygen atoms in total. The quantitative estimate of drug-likeness (QED) is 0.761. The summed E-state index contributed by atoms with van der Waals surface area (Å²) in [6, 6.07) is 11.1. The maximum Gasteiger partial charge on any atom is 0.279 e. The smallest absolute Gasteiger partial charge is 0.279 e. The van der Waals surface area contributed by atoms with E-state index in [0.717, 1.165) is 15.7 Å². The fraction of sp³-hybridized carbons (Fsp3) is 0.0714. The molecule has 0 atom stereocenters. The van der Waals surface area contributed by atoms with E-state index in [-0.39, 0.29) is 11.6 Å². The first-order chi connectivity index (χ1) is 10.1. The number of aromatic amines is 1. The van der Waals surface area contributed by atoms with Gasteiger partial charge in [-0.25, -0.2) is 0 Å². The number of aryl methyl sites for hydroxylation is 1. The molecule has 21 heavy (non-hydrogen) atoms.